The van der Waals surface area contributed by atoms with E-state index in [4.69, 9.17) is 23.2 Å². The van der Waals surface area contributed by atoms with Gasteiger partial charge in [-0.25, -0.2) is 0 Å². The number of hydrogen-bond acceptors (Lipinski definition) is 3. The molecule has 0 saturated heterocycles. The zero-order valence-electron chi connectivity index (χ0n) is 14.1. The largest absolute Gasteiger partial charge is 0.306 e. The maximum Gasteiger partial charge on any atom is 0.253 e. The van der Waals surface area contributed by atoms with Gasteiger partial charge in [0, 0.05) is 17.4 Å². The summed E-state index contributed by atoms with van der Waals surface area (Å²) in [7, 11) is 0. The Morgan fingerprint density at radius 3 is 2.54 bits per heavy atom. The second-order valence-electron chi connectivity index (χ2n) is 6.27. The third-order valence-electron chi connectivity index (χ3n) is 3.89. The van der Waals surface area contributed by atoms with Crippen LogP contribution in [0.2, 0.25) is 10.0 Å². The number of amides is 1. The van der Waals surface area contributed by atoms with Crippen molar-refractivity contribution in [3.63, 3.8) is 0 Å². The highest BCUT2D eigenvalue weighted by Gasteiger charge is 2.31. The van der Waals surface area contributed by atoms with Crippen molar-refractivity contribution in [3.8, 4) is 0 Å². The van der Waals surface area contributed by atoms with Crippen molar-refractivity contribution in [1.82, 2.24) is 19.6 Å². The monoisotopic (exact) mass is 455 g/mol. The molecule has 2 heterocycles. The van der Waals surface area contributed by atoms with Gasteiger partial charge in [0.2, 0.25) is 0 Å². The summed E-state index contributed by atoms with van der Waals surface area (Å²) >= 11 is 15.5. The van der Waals surface area contributed by atoms with Crippen molar-refractivity contribution >= 4 is 50.9 Å². The lowest BCUT2D eigenvalue weighted by Crippen LogP contribution is -2.40. The summed E-state index contributed by atoms with van der Waals surface area (Å²) in [5.41, 5.74) is 0.114. The van der Waals surface area contributed by atoms with E-state index in [-0.39, 0.29) is 5.91 Å². The van der Waals surface area contributed by atoms with Gasteiger partial charge >= 0.3 is 0 Å². The van der Waals surface area contributed by atoms with Gasteiger partial charge in [0.05, 0.1) is 17.2 Å². The minimum atomic E-state index is -0.907. The standard InChI is InChI=1S/C17H16BrCl2N5O/c1-17(2,25-9-12(18)7-21-25)16(26)22-15-14(20)10-24(23-15)8-11-3-5-13(19)6-4-11/h3-7,9-10H,8H2,1-2H3,(H,22,23,26). The Labute approximate surface area is 169 Å². The lowest BCUT2D eigenvalue weighted by atomic mass is 10.1. The fourth-order valence-electron chi connectivity index (χ4n) is 2.31. The molecule has 0 aliphatic rings. The highest BCUT2D eigenvalue weighted by atomic mass is 79.9. The topological polar surface area (TPSA) is 64.7 Å². The average Bonchev–Trinajstić information content (AvgIpc) is 3.16. The molecule has 3 rings (SSSR count). The first-order valence-corrected chi connectivity index (χ1v) is 9.30. The second kappa shape index (κ2) is 7.42. The molecular formula is C17H16BrCl2N5O. The third kappa shape index (κ3) is 4.11. The average molecular weight is 457 g/mol. The number of carbonyl (C=O) groups is 1. The molecular weight excluding hydrogens is 441 g/mol. The summed E-state index contributed by atoms with van der Waals surface area (Å²) < 4.78 is 4.03. The van der Waals surface area contributed by atoms with Gasteiger partial charge in [-0.05, 0) is 47.5 Å². The summed E-state index contributed by atoms with van der Waals surface area (Å²) in [6.07, 6.45) is 5.03. The molecule has 0 saturated carbocycles. The fourth-order valence-corrected chi connectivity index (χ4v) is 2.92. The first-order valence-electron chi connectivity index (χ1n) is 7.75. The predicted molar refractivity (Wildman–Crippen MR) is 106 cm³/mol. The maximum atomic E-state index is 12.7. The fraction of sp³-hybridized carbons (Fsp3) is 0.235. The van der Waals surface area contributed by atoms with Crippen LogP contribution in [0.3, 0.4) is 0 Å². The summed E-state index contributed by atoms with van der Waals surface area (Å²) in [4.78, 5) is 12.7. The molecule has 0 aliphatic heterocycles. The number of hydrogen-bond donors (Lipinski definition) is 1. The molecule has 0 aliphatic carbocycles. The molecule has 0 bridgehead atoms. The number of nitrogens with one attached hydrogen (secondary N) is 1. The van der Waals surface area contributed by atoms with E-state index in [1.165, 1.54) is 0 Å². The second-order valence-corrected chi connectivity index (χ2v) is 8.03. The maximum absolute atomic E-state index is 12.7. The molecule has 0 unspecified atom stereocenters. The van der Waals surface area contributed by atoms with Crippen LogP contribution in [-0.2, 0) is 16.9 Å². The quantitative estimate of drug-likeness (QED) is 0.611. The van der Waals surface area contributed by atoms with Crippen molar-refractivity contribution in [2.24, 2.45) is 0 Å². The Morgan fingerprint density at radius 1 is 1.23 bits per heavy atom. The van der Waals surface area contributed by atoms with Gasteiger partial charge in [-0.2, -0.15) is 10.2 Å². The Balaban J connectivity index is 1.74. The molecule has 9 heteroatoms. The number of anilines is 1. The number of halogens is 3. The van der Waals surface area contributed by atoms with E-state index >= 15 is 0 Å². The van der Waals surface area contributed by atoms with E-state index in [0.29, 0.717) is 22.4 Å². The zero-order valence-corrected chi connectivity index (χ0v) is 17.2. The number of benzene rings is 1. The van der Waals surface area contributed by atoms with E-state index < -0.39 is 5.54 Å². The van der Waals surface area contributed by atoms with Crippen LogP contribution in [0.5, 0.6) is 0 Å². The van der Waals surface area contributed by atoms with Crippen LogP contribution in [0, 0.1) is 0 Å². The molecule has 1 amide bonds. The molecule has 0 radical (unpaired) electrons. The molecule has 136 valence electrons. The normalized spacial score (nSPS) is 11.6. The van der Waals surface area contributed by atoms with E-state index in [1.54, 1.807) is 41.8 Å². The van der Waals surface area contributed by atoms with Gasteiger partial charge in [-0.15, -0.1) is 0 Å². The Morgan fingerprint density at radius 2 is 1.92 bits per heavy atom. The molecule has 0 fully saturated rings. The summed E-state index contributed by atoms with van der Waals surface area (Å²) in [6, 6.07) is 7.45. The first-order chi connectivity index (χ1) is 12.3. The van der Waals surface area contributed by atoms with Crippen LogP contribution < -0.4 is 5.32 Å². The SMILES string of the molecule is CC(C)(C(=O)Nc1nn(Cc2ccc(Cl)cc2)cc1Cl)n1cc(Br)cn1. The van der Waals surface area contributed by atoms with Crippen LogP contribution in [0.25, 0.3) is 0 Å². The summed E-state index contributed by atoms with van der Waals surface area (Å²) in [6.45, 7) is 4.04. The van der Waals surface area contributed by atoms with E-state index in [2.05, 4.69) is 31.4 Å². The van der Waals surface area contributed by atoms with E-state index in [0.717, 1.165) is 10.0 Å². The zero-order chi connectivity index (χ0) is 18.9. The van der Waals surface area contributed by atoms with Gasteiger partial charge < -0.3 is 5.32 Å². The minimum Gasteiger partial charge on any atom is -0.306 e. The molecule has 1 aromatic carbocycles. The highest BCUT2D eigenvalue weighted by Crippen LogP contribution is 2.24. The molecule has 26 heavy (non-hydrogen) atoms. The van der Waals surface area contributed by atoms with Crippen molar-refractivity contribution in [3.05, 3.63) is 62.9 Å². The van der Waals surface area contributed by atoms with E-state index in [9.17, 15) is 4.79 Å². The number of rotatable bonds is 5. The third-order valence-corrected chi connectivity index (χ3v) is 4.82. The van der Waals surface area contributed by atoms with E-state index in [1.807, 2.05) is 24.3 Å². The Kier molecular flexibility index (Phi) is 5.41. The first kappa shape index (κ1) is 18.9. The van der Waals surface area contributed by atoms with Crippen LogP contribution in [0.4, 0.5) is 5.82 Å². The van der Waals surface area contributed by atoms with Crippen molar-refractivity contribution < 1.29 is 4.79 Å². The van der Waals surface area contributed by atoms with Crippen molar-refractivity contribution in [1.29, 1.82) is 0 Å². The molecule has 6 nitrogen and oxygen atoms in total. The summed E-state index contributed by atoms with van der Waals surface area (Å²) in [5, 5.41) is 12.4. The minimum absolute atomic E-state index is 0.272. The Bertz CT molecular complexity index is 933. The highest BCUT2D eigenvalue weighted by molar-refractivity contribution is 9.10. The van der Waals surface area contributed by atoms with Crippen molar-refractivity contribution in [2.45, 2.75) is 25.9 Å². The van der Waals surface area contributed by atoms with Gasteiger partial charge in [-0.1, -0.05) is 35.3 Å². The van der Waals surface area contributed by atoms with Crippen LogP contribution in [0.1, 0.15) is 19.4 Å². The van der Waals surface area contributed by atoms with Gasteiger partial charge in [0.1, 0.15) is 10.6 Å². The molecule has 0 atom stereocenters. The number of carbonyl (C=O) groups excluding carboxylic acids is 1. The van der Waals surface area contributed by atoms with Gasteiger partial charge in [-0.3, -0.25) is 14.2 Å². The smallest absolute Gasteiger partial charge is 0.253 e. The number of aromatic nitrogens is 4. The lowest BCUT2D eigenvalue weighted by Gasteiger charge is -2.23. The molecule has 3 aromatic rings. The predicted octanol–water partition coefficient (Wildman–Crippen LogP) is 4.57. The summed E-state index contributed by atoms with van der Waals surface area (Å²) in [5.74, 6) is 0.0386. The molecule has 0 spiro atoms. The lowest BCUT2D eigenvalue weighted by molar-refractivity contribution is -0.123. The Hall–Kier alpha value is -1.83. The van der Waals surface area contributed by atoms with Crippen molar-refractivity contribution in [2.75, 3.05) is 5.32 Å². The van der Waals surface area contributed by atoms with Crippen LogP contribution in [0.15, 0.2) is 47.3 Å². The molecule has 2 aromatic heterocycles. The van der Waals surface area contributed by atoms with Crippen LogP contribution >= 0.6 is 39.1 Å². The number of nitrogens with zero attached hydrogens (tertiary/aromatic N) is 4. The van der Waals surface area contributed by atoms with Gasteiger partial charge in [0.25, 0.3) is 5.91 Å². The molecule has 1 N–H and O–H groups in total. The van der Waals surface area contributed by atoms with Gasteiger partial charge in [0.15, 0.2) is 5.82 Å². The van der Waals surface area contributed by atoms with Crippen LogP contribution in [-0.4, -0.2) is 25.5 Å².